The van der Waals surface area contributed by atoms with Crippen LogP contribution in [0.4, 0.5) is 0 Å². The van der Waals surface area contributed by atoms with E-state index >= 15 is 0 Å². The molecule has 0 spiro atoms. The molecule has 0 aliphatic rings. The fraction of sp³-hybridized carbons (Fsp3) is 0.571. The Bertz CT molecular complexity index is 346. The number of hydrogen-bond donors (Lipinski definition) is 2. The molecule has 0 saturated carbocycles. The number of hydrogen-bond acceptors (Lipinski definition) is 2. The normalized spacial score (nSPS) is 11.8. The van der Waals surface area contributed by atoms with Gasteiger partial charge in [0, 0.05) is 12.1 Å². The van der Waals surface area contributed by atoms with E-state index in [1.54, 1.807) is 0 Å². The summed E-state index contributed by atoms with van der Waals surface area (Å²) in [7, 11) is 0. The van der Waals surface area contributed by atoms with Gasteiger partial charge >= 0.3 is 0 Å². The maximum atomic E-state index is 9.68. The molecule has 0 atom stereocenters. The minimum absolute atomic E-state index is 0.166. The van der Waals surface area contributed by atoms with Gasteiger partial charge in [0.1, 0.15) is 5.75 Å². The van der Waals surface area contributed by atoms with Crippen LogP contribution < -0.4 is 5.32 Å². The highest BCUT2D eigenvalue weighted by Gasteiger charge is 2.13. The first-order valence-electron chi connectivity index (χ1n) is 5.90. The zero-order valence-corrected chi connectivity index (χ0v) is 11.0. The number of phenols is 1. The van der Waals surface area contributed by atoms with Gasteiger partial charge in [-0.25, -0.2) is 0 Å². The van der Waals surface area contributed by atoms with Crippen LogP contribution in [0.1, 0.15) is 43.9 Å². The van der Waals surface area contributed by atoms with Crippen molar-refractivity contribution in [2.45, 2.75) is 53.1 Å². The highest BCUT2D eigenvalue weighted by Crippen LogP contribution is 2.23. The zero-order valence-electron chi connectivity index (χ0n) is 11.0. The Balaban J connectivity index is 2.76. The van der Waals surface area contributed by atoms with Gasteiger partial charge in [0.25, 0.3) is 0 Å². The Morgan fingerprint density at radius 1 is 1.19 bits per heavy atom. The minimum Gasteiger partial charge on any atom is -0.507 e. The first-order valence-corrected chi connectivity index (χ1v) is 5.90. The first-order chi connectivity index (χ1) is 7.35. The molecule has 0 aliphatic carbocycles. The molecule has 0 bridgehead atoms. The molecular formula is C14H23NO. The van der Waals surface area contributed by atoms with E-state index in [2.05, 4.69) is 26.1 Å². The highest BCUT2D eigenvalue weighted by atomic mass is 16.3. The van der Waals surface area contributed by atoms with Gasteiger partial charge in [-0.2, -0.15) is 0 Å². The lowest BCUT2D eigenvalue weighted by Crippen LogP contribution is -2.37. The van der Waals surface area contributed by atoms with Gasteiger partial charge in [-0.15, -0.1) is 0 Å². The van der Waals surface area contributed by atoms with Crippen LogP contribution in [0.25, 0.3) is 0 Å². The Morgan fingerprint density at radius 3 is 2.12 bits per heavy atom. The topological polar surface area (TPSA) is 32.3 Å². The van der Waals surface area contributed by atoms with Gasteiger partial charge in [0.05, 0.1) is 0 Å². The lowest BCUT2D eigenvalue weighted by Gasteiger charge is -2.25. The van der Waals surface area contributed by atoms with E-state index < -0.39 is 0 Å². The van der Waals surface area contributed by atoms with Crippen LogP contribution in [-0.4, -0.2) is 10.6 Å². The van der Waals surface area contributed by atoms with Crippen molar-refractivity contribution in [2.75, 3.05) is 0 Å². The molecule has 1 aromatic carbocycles. The molecule has 2 N–H and O–H groups in total. The second-order valence-electron chi connectivity index (χ2n) is 5.17. The first kappa shape index (κ1) is 13.0. The fourth-order valence-corrected chi connectivity index (χ4v) is 1.61. The van der Waals surface area contributed by atoms with Crippen LogP contribution in [-0.2, 0) is 6.54 Å². The van der Waals surface area contributed by atoms with E-state index in [0.29, 0.717) is 5.75 Å². The summed E-state index contributed by atoms with van der Waals surface area (Å²) in [6.45, 7) is 11.3. The van der Waals surface area contributed by atoms with Crippen LogP contribution >= 0.6 is 0 Å². The average molecular weight is 221 g/mol. The van der Waals surface area contributed by atoms with E-state index in [9.17, 15) is 5.11 Å². The smallest absolute Gasteiger partial charge is 0.121 e. The molecule has 0 amide bonds. The van der Waals surface area contributed by atoms with Gasteiger partial charge in [-0.3, -0.25) is 0 Å². The highest BCUT2D eigenvalue weighted by molar-refractivity contribution is 5.42. The third-order valence-corrected chi connectivity index (χ3v) is 3.21. The number of phenolic OH excluding ortho intramolecular Hbond substituents is 1. The monoisotopic (exact) mass is 221 g/mol. The molecule has 16 heavy (non-hydrogen) atoms. The molecule has 90 valence electrons. The lowest BCUT2D eigenvalue weighted by molar-refractivity contribution is 0.374. The Morgan fingerprint density at radius 2 is 1.69 bits per heavy atom. The Hall–Kier alpha value is -1.02. The van der Waals surface area contributed by atoms with Crippen molar-refractivity contribution in [3.8, 4) is 5.75 Å². The number of rotatable bonds is 4. The van der Waals surface area contributed by atoms with Crippen LogP contribution in [0.3, 0.4) is 0 Å². The molecule has 1 aromatic rings. The summed E-state index contributed by atoms with van der Waals surface area (Å²) in [5.41, 5.74) is 3.30. The SMILES string of the molecule is CCC(C)(C)NCc1cc(C)c(O)c(C)c1. The summed E-state index contributed by atoms with van der Waals surface area (Å²) in [6, 6.07) is 4.09. The van der Waals surface area contributed by atoms with Crippen molar-refractivity contribution in [3.05, 3.63) is 28.8 Å². The summed E-state index contributed by atoms with van der Waals surface area (Å²) in [6.07, 6.45) is 1.10. The van der Waals surface area contributed by atoms with Crippen molar-refractivity contribution < 1.29 is 5.11 Å². The molecule has 0 radical (unpaired) electrons. The third kappa shape index (κ3) is 3.24. The molecule has 1 rings (SSSR count). The predicted octanol–water partition coefficient (Wildman–Crippen LogP) is 3.29. The molecule has 0 saturated heterocycles. The molecule has 0 heterocycles. The lowest BCUT2D eigenvalue weighted by atomic mass is 10.0. The van der Waals surface area contributed by atoms with Crippen LogP contribution in [0.5, 0.6) is 5.75 Å². The molecule has 0 fully saturated rings. The second-order valence-corrected chi connectivity index (χ2v) is 5.17. The van der Waals surface area contributed by atoms with E-state index in [1.807, 2.05) is 26.0 Å². The maximum absolute atomic E-state index is 9.68. The number of aryl methyl sites for hydroxylation is 2. The molecule has 0 aliphatic heterocycles. The quantitative estimate of drug-likeness (QED) is 0.817. The second kappa shape index (κ2) is 4.88. The van der Waals surface area contributed by atoms with Crippen molar-refractivity contribution in [1.29, 1.82) is 0 Å². The van der Waals surface area contributed by atoms with E-state index in [4.69, 9.17) is 0 Å². The van der Waals surface area contributed by atoms with Crippen molar-refractivity contribution in [3.63, 3.8) is 0 Å². The number of benzene rings is 1. The molecule has 0 unspecified atom stereocenters. The van der Waals surface area contributed by atoms with Gasteiger partial charge in [0.2, 0.25) is 0 Å². The molecule has 2 heteroatoms. The van der Waals surface area contributed by atoms with Crippen molar-refractivity contribution in [2.24, 2.45) is 0 Å². The van der Waals surface area contributed by atoms with Crippen molar-refractivity contribution >= 4 is 0 Å². The minimum atomic E-state index is 0.166. The van der Waals surface area contributed by atoms with Gasteiger partial charge in [-0.05, 0) is 50.8 Å². The fourth-order valence-electron chi connectivity index (χ4n) is 1.61. The van der Waals surface area contributed by atoms with Crippen LogP contribution in [0.2, 0.25) is 0 Å². The Kier molecular flexibility index (Phi) is 3.98. The maximum Gasteiger partial charge on any atom is 0.121 e. The van der Waals surface area contributed by atoms with Crippen LogP contribution in [0.15, 0.2) is 12.1 Å². The van der Waals surface area contributed by atoms with E-state index in [1.165, 1.54) is 5.56 Å². The largest absolute Gasteiger partial charge is 0.507 e. The molecular weight excluding hydrogens is 198 g/mol. The van der Waals surface area contributed by atoms with Crippen molar-refractivity contribution in [1.82, 2.24) is 5.32 Å². The summed E-state index contributed by atoms with van der Waals surface area (Å²) in [4.78, 5) is 0. The van der Waals surface area contributed by atoms with Crippen LogP contribution in [0, 0.1) is 13.8 Å². The Labute approximate surface area is 98.7 Å². The summed E-state index contributed by atoms with van der Waals surface area (Å²) in [5.74, 6) is 0.415. The summed E-state index contributed by atoms with van der Waals surface area (Å²) < 4.78 is 0. The number of aromatic hydroxyl groups is 1. The predicted molar refractivity (Wildman–Crippen MR) is 68.8 cm³/mol. The number of nitrogens with one attached hydrogen (secondary N) is 1. The summed E-state index contributed by atoms with van der Waals surface area (Å²) in [5, 5.41) is 13.2. The summed E-state index contributed by atoms with van der Waals surface area (Å²) >= 11 is 0. The zero-order chi connectivity index (χ0) is 12.3. The van der Waals surface area contributed by atoms with E-state index in [0.717, 1.165) is 24.1 Å². The van der Waals surface area contributed by atoms with E-state index in [-0.39, 0.29) is 5.54 Å². The third-order valence-electron chi connectivity index (χ3n) is 3.21. The van der Waals surface area contributed by atoms with Gasteiger partial charge < -0.3 is 10.4 Å². The molecule has 0 aromatic heterocycles. The average Bonchev–Trinajstić information content (AvgIpc) is 2.23. The molecule has 2 nitrogen and oxygen atoms in total. The standard InChI is InChI=1S/C14H23NO/c1-6-14(4,5)15-9-12-7-10(2)13(16)11(3)8-12/h7-8,15-16H,6,9H2,1-5H3. The van der Waals surface area contributed by atoms with Gasteiger partial charge in [-0.1, -0.05) is 19.1 Å². The van der Waals surface area contributed by atoms with Gasteiger partial charge in [0.15, 0.2) is 0 Å².